The maximum absolute atomic E-state index is 12.9. The monoisotopic (exact) mass is 534 g/mol. The summed E-state index contributed by atoms with van der Waals surface area (Å²) in [5.74, 6) is -1.56. The van der Waals surface area contributed by atoms with Crippen molar-refractivity contribution in [2.75, 3.05) is 0 Å². The van der Waals surface area contributed by atoms with Gasteiger partial charge in [0.15, 0.2) is 0 Å². The normalized spacial score (nSPS) is 11.9. The van der Waals surface area contributed by atoms with Gasteiger partial charge in [-0.05, 0) is 36.5 Å². The number of hydrogen-bond acceptors (Lipinski definition) is 6. The molecule has 0 heterocycles. The van der Waals surface area contributed by atoms with Gasteiger partial charge in [-0.25, -0.2) is 9.59 Å². The molecule has 1 rings (SSSR count). The first kappa shape index (κ1) is 33.9. The summed E-state index contributed by atoms with van der Waals surface area (Å²) in [5, 5.41) is 14.9. The van der Waals surface area contributed by atoms with Crippen molar-refractivity contribution in [2.45, 2.75) is 155 Å². The number of aromatic hydroxyl groups is 1. The first-order chi connectivity index (χ1) is 18.5. The van der Waals surface area contributed by atoms with E-state index < -0.39 is 17.9 Å². The molecule has 38 heavy (non-hydrogen) atoms. The zero-order valence-electron chi connectivity index (χ0n) is 24.4. The fourth-order valence-corrected chi connectivity index (χ4v) is 4.95. The molecule has 0 fully saturated rings. The van der Waals surface area contributed by atoms with Crippen molar-refractivity contribution in [1.29, 1.82) is 0 Å². The molecule has 1 atom stereocenters. The standard InChI is InChI=1S/C32H54O6/c1-4-7-9-11-13-15-17-19-21-26-31(34)36-38-37-32(35)29(23-20-18-16-14-12-10-8-5-2)28-24-22-25-30(33)27(28)6-3/h22,24-25,29,33H,4-21,23,26H2,1-3H3. The van der Waals surface area contributed by atoms with E-state index in [0.29, 0.717) is 12.8 Å². The Morgan fingerprint density at radius 1 is 0.711 bits per heavy atom. The van der Waals surface area contributed by atoms with Crippen LogP contribution in [-0.4, -0.2) is 17.0 Å². The lowest BCUT2D eigenvalue weighted by Crippen LogP contribution is -2.19. The average molecular weight is 535 g/mol. The number of carbonyl (C=O) groups is 2. The van der Waals surface area contributed by atoms with Gasteiger partial charge in [0.2, 0.25) is 0 Å². The molecule has 0 aliphatic rings. The quantitative estimate of drug-likeness (QED) is 0.0808. The molecule has 6 nitrogen and oxygen atoms in total. The molecule has 1 N–H and O–H groups in total. The van der Waals surface area contributed by atoms with E-state index in [9.17, 15) is 14.7 Å². The first-order valence-corrected chi connectivity index (χ1v) is 15.4. The van der Waals surface area contributed by atoms with Crippen LogP contribution < -0.4 is 0 Å². The number of phenolic OH excluding ortho intramolecular Hbond substituents is 1. The van der Waals surface area contributed by atoms with E-state index in [1.54, 1.807) is 12.1 Å². The molecule has 6 heteroatoms. The molecule has 0 spiro atoms. The van der Waals surface area contributed by atoms with Gasteiger partial charge in [-0.15, -0.1) is 0 Å². The lowest BCUT2D eigenvalue weighted by atomic mass is 9.88. The van der Waals surface area contributed by atoms with E-state index in [2.05, 4.69) is 18.9 Å². The van der Waals surface area contributed by atoms with Crippen LogP contribution in [0.2, 0.25) is 0 Å². The van der Waals surface area contributed by atoms with E-state index in [-0.39, 0.29) is 12.2 Å². The Hall–Kier alpha value is -2.08. The van der Waals surface area contributed by atoms with Crippen molar-refractivity contribution >= 4 is 11.9 Å². The molecule has 0 bridgehead atoms. The van der Waals surface area contributed by atoms with Crippen molar-refractivity contribution in [3.05, 3.63) is 29.3 Å². The van der Waals surface area contributed by atoms with Crippen molar-refractivity contribution in [3.8, 4) is 5.75 Å². The number of phenols is 1. The van der Waals surface area contributed by atoms with Gasteiger partial charge in [0.25, 0.3) is 0 Å². The van der Waals surface area contributed by atoms with E-state index in [0.717, 1.165) is 49.7 Å². The highest BCUT2D eigenvalue weighted by atomic mass is 17.5. The zero-order chi connectivity index (χ0) is 27.8. The van der Waals surface area contributed by atoms with Gasteiger partial charge < -0.3 is 5.11 Å². The molecule has 1 aromatic rings. The van der Waals surface area contributed by atoms with Gasteiger partial charge in [0, 0.05) is 11.5 Å². The second kappa shape index (κ2) is 22.9. The third-order valence-electron chi connectivity index (χ3n) is 7.27. The molecular formula is C32H54O6. The molecule has 0 saturated heterocycles. The SMILES string of the molecule is CCCCCCCCCCCC(=O)OOOC(=O)C(CCCCCCCCCC)c1cccc(O)c1CC. The second-order valence-electron chi connectivity index (χ2n) is 10.5. The Balaban J connectivity index is 2.43. The van der Waals surface area contributed by atoms with Gasteiger partial charge in [0.05, 0.1) is 5.92 Å². The van der Waals surface area contributed by atoms with Crippen LogP contribution >= 0.6 is 0 Å². The van der Waals surface area contributed by atoms with Crippen LogP contribution in [0.15, 0.2) is 18.2 Å². The summed E-state index contributed by atoms with van der Waals surface area (Å²) in [6.07, 6.45) is 21.2. The number of hydrogen-bond donors (Lipinski definition) is 1. The minimum atomic E-state index is -0.607. The number of benzene rings is 1. The van der Waals surface area contributed by atoms with E-state index in [4.69, 9.17) is 9.78 Å². The topological polar surface area (TPSA) is 82.1 Å². The van der Waals surface area contributed by atoms with Crippen LogP contribution in [0.4, 0.5) is 0 Å². The Labute approximate surface area is 231 Å². The lowest BCUT2D eigenvalue weighted by Gasteiger charge is -2.18. The summed E-state index contributed by atoms with van der Waals surface area (Å²) >= 11 is 0. The van der Waals surface area contributed by atoms with Crippen molar-refractivity contribution in [3.63, 3.8) is 0 Å². The third kappa shape index (κ3) is 15.4. The summed E-state index contributed by atoms with van der Waals surface area (Å²) < 4.78 is 0. The van der Waals surface area contributed by atoms with Crippen LogP contribution in [0.25, 0.3) is 0 Å². The average Bonchev–Trinajstić information content (AvgIpc) is 2.91. The molecular weight excluding hydrogens is 480 g/mol. The minimum Gasteiger partial charge on any atom is -0.508 e. The molecule has 0 aromatic heterocycles. The van der Waals surface area contributed by atoms with Crippen molar-refractivity contribution in [1.82, 2.24) is 0 Å². The first-order valence-electron chi connectivity index (χ1n) is 15.4. The Morgan fingerprint density at radius 3 is 1.79 bits per heavy atom. The predicted molar refractivity (Wildman–Crippen MR) is 153 cm³/mol. The lowest BCUT2D eigenvalue weighted by molar-refractivity contribution is -0.460. The van der Waals surface area contributed by atoms with Crippen LogP contribution in [0.5, 0.6) is 5.75 Å². The van der Waals surface area contributed by atoms with Crippen molar-refractivity contribution < 1.29 is 29.5 Å². The minimum absolute atomic E-state index is 0.173. The third-order valence-corrected chi connectivity index (χ3v) is 7.27. The number of rotatable bonds is 24. The molecule has 0 aliphatic carbocycles. The maximum Gasteiger partial charge on any atom is 0.354 e. The van der Waals surface area contributed by atoms with Gasteiger partial charge >= 0.3 is 11.9 Å². The molecule has 1 aromatic carbocycles. The second-order valence-corrected chi connectivity index (χ2v) is 10.5. The zero-order valence-corrected chi connectivity index (χ0v) is 24.4. The fraction of sp³-hybridized carbons (Fsp3) is 0.750. The van der Waals surface area contributed by atoms with E-state index in [1.807, 2.05) is 13.0 Å². The highest BCUT2D eigenvalue weighted by molar-refractivity contribution is 5.78. The molecule has 1 unspecified atom stereocenters. The number of unbranched alkanes of at least 4 members (excludes halogenated alkanes) is 15. The summed E-state index contributed by atoms with van der Waals surface area (Å²) in [5.41, 5.74) is 1.47. The Kier molecular flexibility index (Phi) is 20.4. The van der Waals surface area contributed by atoms with Gasteiger partial charge in [0.1, 0.15) is 5.75 Å². The Morgan fingerprint density at radius 2 is 1.24 bits per heavy atom. The highest BCUT2D eigenvalue weighted by Gasteiger charge is 2.27. The molecule has 0 radical (unpaired) electrons. The number of carbonyl (C=O) groups excluding carboxylic acids is 2. The molecule has 218 valence electrons. The van der Waals surface area contributed by atoms with Gasteiger partial charge in [-0.3, -0.25) is 9.78 Å². The molecule has 0 aliphatic heterocycles. The Bertz CT molecular complexity index is 747. The smallest absolute Gasteiger partial charge is 0.354 e. The summed E-state index contributed by atoms with van der Waals surface area (Å²) in [6.45, 7) is 6.38. The van der Waals surface area contributed by atoms with Crippen LogP contribution in [0.3, 0.4) is 0 Å². The predicted octanol–water partition coefficient (Wildman–Crippen LogP) is 9.42. The molecule has 0 saturated carbocycles. The maximum atomic E-state index is 12.9. The van der Waals surface area contributed by atoms with Gasteiger partial charge in [-0.1, -0.05) is 136 Å². The van der Waals surface area contributed by atoms with E-state index >= 15 is 0 Å². The highest BCUT2D eigenvalue weighted by Crippen LogP contribution is 2.32. The van der Waals surface area contributed by atoms with Crippen LogP contribution in [0, 0.1) is 0 Å². The van der Waals surface area contributed by atoms with E-state index in [1.165, 1.54) is 70.6 Å². The summed E-state index contributed by atoms with van der Waals surface area (Å²) in [6, 6.07) is 5.22. The summed E-state index contributed by atoms with van der Waals surface area (Å²) in [4.78, 5) is 34.6. The van der Waals surface area contributed by atoms with Crippen LogP contribution in [-0.2, 0) is 30.8 Å². The largest absolute Gasteiger partial charge is 0.508 e. The fourth-order valence-electron chi connectivity index (χ4n) is 4.95. The van der Waals surface area contributed by atoms with Gasteiger partial charge in [-0.2, -0.15) is 0 Å². The molecule has 0 amide bonds. The summed E-state index contributed by atoms with van der Waals surface area (Å²) in [7, 11) is 0. The van der Waals surface area contributed by atoms with Crippen molar-refractivity contribution in [2.24, 2.45) is 0 Å². The van der Waals surface area contributed by atoms with Crippen LogP contribution in [0.1, 0.15) is 160 Å².